The molecule has 0 saturated heterocycles. The molecule has 2 rings (SSSR count). The van der Waals surface area contributed by atoms with E-state index in [0.717, 1.165) is 0 Å². The van der Waals surface area contributed by atoms with Gasteiger partial charge in [0, 0.05) is 12.0 Å². The second-order valence-corrected chi connectivity index (χ2v) is 3.63. The molecular weight excluding hydrogens is 211 g/mol. The van der Waals surface area contributed by atoms with Gasteiger partial charge in [-0.2, -0.15) is 0 Å². The van der Waals surface area contributed by atoms with Gasteiger partial charge in [0.15, 0.2) is 23.5 Å². The SMILES string of the molecule is CCOc1cc2c(cc1OC)CC(F)C2=O. The second-order valence-electron chi connectivity index (χ2n) is 3.63. The highest BCUT2D eigenvalue weighted by Crippen LogP contribution is 2.35. The fourth-order valence-electron chi connectivity index (χ4n) is 1.88. The Kier molecular flexibility index (Phi) is 2.81. The number of ketones is 1. The van der Waals surface area contributed by atoms with Crippen LogP contribution in [0.2, 0.25) is 0 Å². The van der Waals surface area contributed by atoms with Crippen LogP contribution in [0.15, 0.2) is 12.1 Å². The summed E-state index contributed by atoms with van der Waals surface area (Å²) in [7, 11) is 1.52. The Morgan fingerprint density at radius 3 is 2.81 bits per heavy atom. The number of hydrogen-bond donors (Lipinski definition) is 0. The number of fused-ring (bicyclic) bond motifs is 1. The van der Waals surface area contributed by atoms with Crippen LogP contribution in [0.3, 0.4) is 0 Å². The molecule has 0 aromatic heterocycles. The molecule has 3 nitrogen and oxygen atoms in total. The number of benzene rings is 1. The van der Waals surface area contributed by atoms with E-state index in [1.165, 1.54) is 7.11 Å². The van der Waals surface area contributed by atoms with Gasteiger partial charge in [0.2, 0.25) is 0 Å². The molecule has 0 fully saturated rings. The summed E-state index contributed by atoms with van der Waals surface area (Å²) in [6, 6.07) is 3.25. The molecule has 1 aliphatic carbocycles. The number of carbonyl (C=O) groups is 1. The largest absolute Gasteiger partial charge is 0.493 e. The molecule has 1 aromatic carbocycles. The zero-order valence-electron chi connectivity index (χ0n) is 9.25. The van der Waals surface area contributed by atoms with Crippen molar-refractivity contribution in [2.45, 2.75) is 19.5 Å². The second kappa shape index (κ2) is 4.12. The zero-order valence-corrected chi connectivity index (χ0v) is 9.25. The van der Waals surface area contributed by atoms with Crippen molar-refractivity contribution in [3.63, 3.8) is 0 Å². The molecule has 1 unspecified atom stereocenters. The van der Waals surface area contributed by atoms with E-state index >= 15 is 0 Å². The first-order chi connectivity index (χ1) is 7.67. The maximum Gasteiger partial charge on any atom is 0.197 e. The maximum absolute atomic E-state index is 13.2. The van der Waals surface area contributed by atoms with Crippen LogP contribution >= 0.6 is 0 Å². The van der Waals surface area contributed by atoms with Crippen LogP contribution in [0.25, 0.3) is 0 Å². The van der Waals surface area contributed by atoms with Gasteiger partial charge in [0.05, 0.1) is 13.7 Å². The maximum atomic E-state index is 13.2. The Balaban J connectivity index is 2.47. The van der Waals surface area contributed by atoms with Crippen LogP contribution in [0, 0.1) is 0 Å². The third-order valence-corrected chi connectivity index (χ3v) is 2.64. The van der Waals surface area contributed by atoms with Crippen molar-refractivity contribution in [2.24, 2.45) is 0 Å². The summed E-state index contributed by atoms with van der Waals surface area (Å²) < 4.78 is 23.7. The summed E-state index contributed by atoms with van der Waals surface area (Å²) in [5, 5.41) is 0. The number of carbonyl (C=O) groups excluding carboxylic acids is 1. The summed E-state index contributed by atoms with van der Waals surface area (Å²) >= 11 is 0. The Morgan fingerprint density at radius 2 is 2.19 bits per heavy atom. The first-order valence-electron chi connectivity index (χ1n) is 5.19. The number of rotatable bonds is 3. The quantitative estimate of drug-likeness (QED) is 0.789. The van der Waals surface area contributed by atoms with Gasteiger partial charge >= 0.3 is 0 Å². The van der Waals surface area contributed by atoms with E-state index in [-0.39, 0.29) is 6.42 Å². The average molecular weight is 224 g/mol. The van der Waals surface area contributed by atoms with E-state index in [1.807, 2.05) is 6.92 Å². The molecule has 0 radical (unpaired) electrons. The van der Waals surface area contributed by atoms with Crippen molar-refractivity contribution < 1.29 is 18.7 Å². The summed E-state index contributed by atoms with van der Waals surface area (Å²) in [6.45, 7) is 2.31. The average Bonchev–Trinajstić information content (AvgIpc) is 2.55. The molecule has 0 aliphatic heterocycles. The normalized spacial score (nSPS) is 18.4. The first kappa shape index (κ1) is 10.9. The molecule has 0 N–H and O–H groups in total. The number of methoxy groups -OCH3 is 1. The van der Waals surface area contributed by atoms with Crippen LogP contribution in [-0.2, 0) is 6.42 Å². The van der Waals surface area contributed by atoms with Crippen LogP contribution in [0.1, 0.15) is 22.8 Å². The standard InChI is InChI=1S/C12H13FO3/c1-3-16-11-6-8-7(5-10(11)15-2)4-9(13)12(8)14/h5-6,9H,3-4H2,1-2H3. The van der Waals surface area contributed by atoms with Crippen molar-refractivity contribution in [3.05, 3.63) is 23.3 Å². The topological polar surface area (TPSA) is 35.5 Å². The fourth-order valence-corrected chi connectivity index (χ4v) is 1.88. The summed E-state index contributed by atoms with van der Waals surface area (Å²) in [6.07, 6.45) is -1.28. The lowest BCUT2D eigenvalue weighted by Crippen LogP contribution is -2.08. The van der Waals surface area contributed by atoms with Gasteiger partial charge in [0.1, 0.15) is 0 Å². The number of halogens is 1. The minimum Gasteiger partial charge on any atom is -0.493 e. The first-order valence-corrected chi connectivity index (χ1v) is 5.19. The van der Waals surface area contributed by atoms with Crippen LogP contribution in [0.5, 0.6) is 11.5 Å². The highest BCUT2D eigenvalue weighted by atomic mass is 19.1. The minimum atomic E-state index is -1.42. The lowest BCUT2D eigenvalue weighted by molar-refractivity contribution is 0.0898. The molecule has 4 heteroatoms. The Bertz CT molecular complexity index is 429. The smallest absolute Gasteiger partial charge is 0.197 e. The number of Topliss-reactive ketones (excluding diaryl/α,β-unsaturated/α-hetero) is 1. The molecule has 0 heterocycles. The molecular formula is C12H13FO3. The van der Waals surface area contributed by atoms with Crippen molar-refractivity contribution in [2.75, 3.05) is 13.7 Å². The summed E-state index contributed by atoms with van der Waals surface area (Å²) in [5.74, 6) is 0.576. The molecule has 0 spiro atoms. The summed E-state index contributed by atoms with van der Waals surface area (Å²) in [4.78, 5) is 11.5. The predicted molar refractivity (Wildman–Crippen MR) is 57.1 cm³/mol. The van der Waals surface area contributed by atoms with Crippen LogP contribution in [0.4, 0.5) is 4.39 Å². The lowest BCUT2D eigenvalue weighted by Gasteiger charge is -2.10. The fraction of sp³-hybridized carbons (Fsp3) is 0.417. The van der Waals surface area contributed by atoms with Crippen LogP contribution in [-0.4, -0.2) is 25.7 Å². The molecule has 86 valence electrons. The molecule has 1 aromatic rings. The van der Waals surface area contributed by atoms with Gasteiger partial charge in [-0.3, -0.25) is 4.79 Å². The minimum absolute atomic E-state index is 0.136. The van der Waals surface area contributed by atoms with Gasteiger partial charge in [-0.25, -0.2) is 4.39 Å². The van der Waals surface area contributed by atoms with E-state index in [0.29, 0.717) is 29.2 Å². The third kappa shape index (κ3) is 1.64. The van der Waals surface area contributed by atoms with E-state index in [1.54, 1.807) is 12.1 Å². The molecule has 0 bridgehead atoms. The van der Waals surface area contributed by atoms with Gasteiger partial charge in [-0.15, -0.1) is 0 Å². The number of hydrogen-bond acceptors (Lipinski definition) is 3. The van der Waals surface area contributed by atoms with Gasteiger partial charge in [-0.1, -0.05) is 0 Å². The van der Waals surface area contributed by atoms with E-state index in [2.05, 4.69) is 0 Å². The van der Waals surface area contributed by atoms with Gasteiger partial charge < -0.3 is 9.47 Å². The third-order valence-electron chi connectivity index (χ3n) is 2.64. The Hall–Kier alpha value is -1.58. The van der Waals surface area contributed by atoms with E-state index in [4.69, 9.17) is 9.47 Å². The molecule has 0 amide bonds. The predicted octanol–water partition coefficient (Wildman–Crippen LogP) is 2.17. The lowest BCUT2D eigenvalue weighted by atomic mass is 10.1. The molecule has 1 atom stereocenters. The Morgan fingerprint density at radius 1 is 1.44 bits per heavy atom. The van der Waals surface area contributed by atoms with Crippen molar-refractivity contribution in [1.82, 2.24) is 0 Å². The number of ether oxygens (including phenoxy) is 2. The highest BCUT2D eigenvalue weighted by molar-refractivity contribution is 6.04. The van der Waals surface area contributed by atoms with Crippen LogP contribution < -0.4 is 9.47 Å². The molecule has 16 heavy (non-hydrogen) atoms. The van der Waals surface area contributed by atoms with E-state index < -0.39 is 12.0 Å². The number of alkyl halides is 1. The summed E-state index contributed by atoms with van der Waals surface area (Å²) in [5.41, 5.74) is 1.11. The highest BCUT2D eigenvalue weighted by Gasteiger charge is 2.31. The van der Waals surface area contributed by atoms with Crippen molar-refractivity contribution >= 4 is 5.78 Å². The Labute approximate surface area is 93.2 Å². The van der Waals surface area contributed by atoms with E-state index in [9.17, 15) is 9.18 Å². The van der Waals surface area contributed by atoms with Gasteiger partial charge in [-0.05, 0) is 24.6 Å². The molecule has 0 saturated carbocycles. The monoisotopic (exact) mass is 224 g/mol. The van der Waals surface area contributed by atoms with Crippen molar-refractivity contribution in [3.8, 4) is 11.5 Å². The van der Waals surface area contributed by atoms with Gasteiger partial charge in [0.25, 0.3) is 0 Å². The molecule has 1 aliphatic rings. The van der Waals surface area contributed by atoms with Crippen molar-refractivity contribution in [1.29, 1.82) is 0 Å². The zero-order chi connectivity index (χ0) is 11.7.